The maximum Gasteiger partial charge on any atom is 0.251 e. The molecule has 0 bridgehead atoms. The maximum absolute atomic E-state index is 12.2. The molecule has 1 aromatic rings. The molecule has 6 heteroatoms. The molecule has 0 aliphatic carbocycles. The van der Waals surface area contributed by atoms with Crippen LogP contribution in [0.3, 0.4) is 0 Å². The van der Waals surface area contributed by atoms with Gasteiger partial charge in [0.15, 0.2) is 0 Å². The molecule has 2 aliphatic heterocycles. The Kier molecular flexibility index (Phi) is 4.33. The van der Waals surface area contributed by atoms with E-state index in [1.807, 2.05) is 11.8 Å². The Labute approximate surface area is 123 Å². The molecule has 1 unspecified atom stereocenters. The van der Waals surface area contributed by atoms with Gasteiger partial charge in [-0.3, -0.25) is 9.69 Å². The summed E-state index contributed by atoms with van der Waals surface area (Å²) in [5, 5.41) is 3.24. The van der Waals surface area contributed by atoms with Crippen LogP contribution in [0.15, 0.2) is 5.38 Å². The first-order chi connectivity index (χ1) is 9.72. The fraction of sp³-hybridized carbons (Fsp3) is 0.714. The van der Waals surface area contributed by atoms with Crippen LogP contribution < -0.4 is 0 Å². The van der Waals surface area contributed by atoms with Crippen molar-refractivity contribution in [3.05, 3.63) is 16.1 Å². The molecule has 1 atom stereocenters. The summed E-state index contributed by atoms with van der Waals surface area (Å²) >= 11 is 1.70. The highest BCUT2D eigenvalue weighted by Crippen LogP contribution is 2.17. The molecule has 3 rings (SSSR count). The summed E-state index contributed by atoms with van der Waals surface area (Å²) in [6, 6.07) is 0. The van der Waals surface area contributed by atoms with Gasteiger partial charge in [0.25, 0.3) is 5.91 Å². The summed E-state index contributed by atoms with van der Waals surface area (Å²) in [7, 11) is 0. The predicted molar refractivity (Wildman–Crippen MR) is 77.7 cm³/mol. The van der Waals surface area contributed by atoms with Gasteiger partial charge in [-0.15, -0.1) is 11.3 Å². The van der Waals surface area contributed by atoms with Gasteiger partial charge in [0, 0.05) is 44.7 Å². The fourth-order valence-corrected chi connectivity index (χ4v) is 3.42. The van der Waals surface area contributed by atoms with Crippen molar-refractivity contribution in [3.8, 4) is 0 Å². The van der Waals surface area contributed by atoms with Gasteiger partial charge >= 0.3 is 0 Å². The minimum Gasteiger partial charge on any atom is -0.368 e. The smallest absolute Gasteiger partial charge is 0.251 e. The van der Waals surface area contributed by atoms with Crippen LogP contribution in [-0.2, 0) is 16.1 Å². The molecule has 0 saturated carbocycles. The number of thiazole rings is 1. The quantitative estimate of drug-likeness (QED) is 0.842. The summed E-state index contributed by atoms with van der Waals surface area (Å²) in [6.07, 6.45) is 1.72. The third-order valence-corrected chi connectivity index (χ3v) is 4.76. The van der Waals surface area contributed by atoms with E-state index >= 15 is 0 Å². The van der Waals surface area contributed by atoms with Crippen LogP contribution in [0.1, 0.15) is 23.5 Å². The number of aromatic nitrogens is 1. The Morgan fingerprint density at radius 1 is 1.45 bits per heavy atom. The van der Waals surface area contributed by atoms with Crippen LogP contribution >= 0.6 is 11.3 Å². The standard InChI is InChI=1S/C14H21N3O2S/c1-11-15-12(10-20-11)9-16-4-6-17(7-5-16)14(18)13-3-2-8-19-13/h10,13H,2-9H2,1H3. The molecular weight excluding hydrogens is 274 g/mol. The maximum atomic E-state index is 12.2. The average Bonchev–Trinajstić information content (AvgIpc) is 3.11. The molecule has 1 aromatic heterocycles. The first-order valence-electron chi connectivity index (χ1n) is 7.26. The number of piperazine rings is 1. The summed E-state index contributed by atoms with van der Waals surface area (Å²) in [5.74, 6) is 0.187. The van der Waals surface area contributed by atoms with Crippen LogP contribution in [-0.4, -0.2) is 59.6 Å². The molecule has 20 heavy (non-hydrogen) atoms. The second kappa shape index (κ2) is 6.20. The lowest BCUT2D eigenvalue weighted by molar-refractivity contribution is -0.142. The summed E-state index contributed by atoms with van der Waals surface area (Å²) < 4.78 is 5.48. The molecule has 0 aromatic carbocycles. The molecule has 110 valence electrons. The number of ether oxygens (including phenoxy) is 1. The van der Waals surface area contributed by atoms with E-state index < -0.39 is 0 Å². The minimum atomic E-state index is -0.178. The fourth-order valence-electron chi connectivity index (χ4n) is 2.81. The zero-order valence-electron chi connectivity index (χ0n) is 11.9. The Morgan fingerprint density at radius 3 is 2.85 bits per heavy atom. The number of carbonyl (C=O) groups excluding carboxylic acids is 1. The summed E-state index contributed by atoms with van der Waals surface area (Å²) in [6.45, 7) is 7.13. The SMILES string of the molecule is Cc1nc(CN2CCN(C(=O)C3CCCO3)CC2)cs1. The normalized spacial score (nSPS) is 24.2. The molecule has 0 spiro atoms. The lowest BCUT2D eigenvalue weighted by Gasteiger charge is -2.35. The van der Waals surface area contributed by atoms with Crippen LogP contribution in [0, 0.1) is 6.92 Å². The van der Waals surface area contributed by atoms with Crippen LogP contribution in [0.5, 0.6) is 0 Å². The van der Waals surface area contributed by atoms with Gasteiger partial charge in [-0.2, -0.15) is 0 Å². The third-order valence-electron chi connectivity index (χ3n) is 3.94. The number of aryl methyl sites for hydroxylation is 1. The molecule has 2 saturated heterocycles. The molecule has 2 fully saturated rings. The van der Waals surface area contributed by atoms with Crippen molar-refractivity contribution < 1.29 is 9.53 Å². The van der Waals surface area contributed by atoms with E-state index in [9.17, 15) is 4.79 Å². The highest BCUT2D eigenvalue weighted by molar-refractivity contribution is 7.09. The van der Waals surface area contributed by atoms with Crippen molar-refractivity contribution >= 4 is 17.2 Å². The van der Waals surface area contributed by atoms with E-state index in [2.05, 4.69) is 15.3 Å². The van der Waals surface area contributed by atoms with Gasteiger partial charge in [-0.05, 0) is 19.8 Å². The van der Waals surface area contributed by atoms with Crippen molar-refractivity contribution in [2.45, 2.75) is 32.4 Å². The van der Waals surface area contributed by atoms with Crippen LogP contribution in [0.2, 0.25) is 0 Å². The molecule has 2 aliphatic rings. The first kappa shape index (κ1) is 14.0. The second-order valence-electron chi connectivity index (χ2n) is 5.46. The van der Waals surface area contributed by atoms with Gasteiger partial charge in [0.05, 0.1) is 10.7 Å². The second-order valence-corrected chi connectivity index (χ2v) is 6.52. The largest absolute Gasteiger partial charge is 0.368 e. The predicted octanol–water partition coefficient (Wildman–Crippen LogP) is 1.27. The number of rotatable bonds is 3. The monoisotopic (exact) mass is 295 g/mol. The van der Waals surface area contributed by atoms with Crippen molar-refractivity contribution in [2.24, 2.45) is 0 Å². The van der Waals surface area contributed by atoms with Gasteiger partial charge in [0.1, 0.15) is 6.10 Å². The van der Waals surface area contributed by atoms with Crippen molar-refractivity contribution in [3.63, 3.8) is 0 Å². The average molecular weight is 295 g/mol. The van der Waals surface area contributed by atoms with Gasteiger partial charge in [-0.1, -0.05) is 0 Å². The molecule has 1 amide bonds. The molecular formula is C14H21N3O2S. The summed E-state index contributed by atoms with van der Waals surface area (Å²) in [5.41, 5.74) is 1.14. The van der Waals surface area contributed by atoms with Crippen molar-refractivity contribution in [2.75, 3.05) is 32.8 Å². The van der Waals surface area contributed by atoms with E-state index in [0.717, 1.165) is 62.9 Å². The van der Waals surface area contributed by atoms with E-state index in [0.29, 0.717) is 0 Å². The minimum absolute atomic E-state index is 0.178. The highest BCUT2D eigenvalue weighted by atomic mass is 32.1. The molecule has 3 heterocycles. The van der Waals surface area contributed by atoms with Gasteiger partial charge in [0.2, 0.25) is 0 Å². The molecule has 0 radical (unpaired) electrons. The Bertz CT molecular complexity index is 463. The number of amides is 1. The summed E-state index contributed by atoms with van der Waals surface area (Å²) in [4.78, 5) is 21.1. The van der Waals surface area contributed by atoms with Gasteiger partial charge in [-0.25, -0.2) is 4.98 Å². The van der Waals surface area contributed by atoms with E-state index in [1.165, 1.54) is 0 Å². The number of carbonyl (C=O) groups is 1. The third kappa shape index (κ3) is 3.19. The first-order valence-corrected chi connectivity index (χ1v) is 8.14. The lowest BCUT2D eigenvalue weighted by atomic mass is 10.2. The Morgan fingerprint density at radius 2 is 2.25 bits per heavy atom. The van der Waals surface area contributed by atoms with Crippen LogP contribution in [0.4, 0.5) is 0 Å². The zero-order valence-corrected chi connectivity index (χ0v) is 12.7. The topological polar surface area (TPSA) is 45.7 Å². The lowest BCUT2D eigenvalue weighted by Crippen LogP contribution is -2.51. The Hall–Kier alpha value is -0.980. The number of nitrogens with zero attached hydrogens (tertiary/aromatic N) is 3. The number of hydrogen-bond donors (Lipinski definition) is 0. The van der Waals surface area contributed by atoms with Crippen molar-refractivity contribution in [1.82, 2.24) is 14.8 Å². The number of hydrogen-bond acceptors (Lipinski definition) is 5. The molecule has 5 nitrogen and oxygen atoms in total. The van der Waals surface area contributed by atoms with E-state index in [-0.39, 0.29) is 12.0 Å². The van der Waals surface area contributed by atoms with E-state index in [1.54, 1.807) is 11.3 Å². The highest BCUT2D eigenvalue weighted by Gasteiger charge is 2.30. The van der Waals surface area contributed by atoms with Crippen LogP contribution in [0.25, 0.3) is 0 Å². The molecule has 0 N–H and O–H groups in total. The zero-order chi connectivity index (χ0) is 13.9. The van der Waals surface area contributed by atoms with Crippen molar-refractivity contribution in [1.29, 1.82) is 0 Å². The Balaban J connectivity index is 1.48. The van der Waals surface area contributed by atoms with Gasteiger partial charge < -0.3 is 9.64 Å². The van der Waals surface area contributed by atoms with E-state index in [4.69, 9.17) is 4.74 Å².